The Hall–Kier alpha value is -3.48. The highest BCUT2D eigenvalue weighted by Crippen LogP contribution is 2.27. The number of hydrogen-bond acceptors (Lipinski definition) is 5. The molecule has 2 aromatic carbocycles. The van der Waals surface area contributed by atoms with Crippen molar-refractivity contribution in [2.24, 2.45) is 0 Å². The van der Waals surface area contributed by atoms with Gasteiger partial charge >= 0.3 is 0 Å². The number of benzene rings is 2. The molecule has 4 rings (SSSR count). The lowest BCUT2D eigenvalue weighted by Gasteiger charge is -2.17. The Morgan fingerprint density at radius 3 is 2.65 bits per heavy atom. The summed E-state index contributed by atoms with van der Waals surface area (Å²) in [5, 5.41) is 3.28. The second-order valence-corrected chi connectivity index (χ2v) is 5.97. The topological polar surface area (TPSA) is 81.7 Å². The van der Waals surface area contributed by atoms with Gasteiger partial charge in [-0.15, -0.1) is 0 Å². The Morgan fingerprint density at radius 2 is 1.88 bits per heavy atom. The highest BCUT2D eigenvalue weighted by Gasteiger charge is 2.19. The van der Waals surface area contributed by atoms with Gasteiger partial charge in [-0.25, -0.2) is 19.3 Å². The maximum Gasteiger partial charge on any atom is 0.136 e. The zero-order chi connectivity index (χ0) is 18.1. The molecule has 0 saturated heterocycles. The molecule has 0 spiro atoms. The zero-order valence-electron chi connectivity index (χ0n) is 14.1. The van der Waals surface area contributed by atoms with Gasteiger partial charge in [0.1, 0.15) is 29.6 Å². The molecule has 26 heavy (non-hydrogen) atoms. The van der Waals surface area contributed by atoms with Crippen LogP contribution in [0.25, 0.3) is 16.7 Å². The zero-order valence-corrected chi connectivity index (χ0v) is 14.1. The van der Waals surface area contributed by atoms with Crippen LogP contribution in [0.2, 0.25) is 0 Å². The normalized spacial score (nSPS) is 12.2. The monoisotopic (exact) mass is 348 g/mol. The molecule has 0 radical (unpaired) electrons. The number of halogens is 1. The van der Waals surface area contributed by atoms with Gasteiger partial charge in [0.15, 0.2) is 0 Å². The second-order valence-electron chi connectivity index (χ2n) is 5.97. The van der Waals surface area contributed by atoms with Crippen molar-refractivity contribution < 1.29 is 4.39 Å². The lowest BCUT2D eigenvalue weighted by molar-refractivity contribution is 0.629. The SMILES string of the molecule is CC(Nc1cc(N)ncn1)c1nc2ccc(F)cc2n1-c1ccccc1. The first-order valence-electron chi connectivity index (χ1n) is 8.19. The van der Waals surface area contributed by atoms with Gasteiger partial charge in [-0.2, -0.15) is 0 Å². The van der Waals surface area contributed by atoms with E-state index in [0.29, 0.717) is 17.2 Å². The average Bonchev–Trinajstić information content (AvgIpc) is 3.01. The Balaban J connectivity index is 1.83. The van der Waals surface area contributed by atoms with E-state index in [1.807, 2.05) is 41.8 Å². The summed E-state index contributed by atoms with van der Waals surface area (Å²) in [5.74, 6) is 1.43. The molecule has 2 aromatic heterocycles. The second kappa shape index (κ2) is 6.44. The van der Waals surface area contributed by atoms with Crippen LogP contribution in [0, 0.1) is 5.82 Å². The van der Waals surface area contributed by atoms with Crippen LogP contribution < -0.4 is 11.1 Å². The van der Waals surface area contributed by atoms with Gasteiger partial charge in [0.25, 0.3) is 0 Å². The van der Waals surface area contributed by atoms with Crippen LogP contribution >= 0.6 is 0 Å². The summed E-state index contributed by atoms with van der Waals surface area (Å²) in [6.07, 6.45) is 1.40. The van der Waals surface area contributed by atoms with E-state index in [4.69, 9.17) is 10.7 Å². The minimum atomic E-state index is -0.301. The van der Waals surface area contributed by atoms with Crippen LogP contribution in [0.1, 0.15) is 18.8 Å². The lowest BCUT2D eigenvalue weighted by Crippen LogP contribution is -2.14. The third-order valence-corrected chi connectivity index (χ3v) is 4.10. The fourth-order valence-corrected chi connectivity index (χ4v) is 2.94. The molecule has 0 bridgehead atoms. The molecule has 0 saturated carbocycles. The summed E-state index contributed by atoms with van der Waals surface area (Å²) in [6, 6.07) is 15.8. The van der Waals surface area contributed by atoms with Gasteiger partial charge in [-0.3, -0.25) is 4.57 Å². The number of imidazole rings is 1. The Labute approximate surface area is 149 Å². The van der Waals surface area contributed by atoms with E-state index in [1.54, 1.807) is 12.1 Å². The molecular weight excluding hydrogens is 331 g/mol. The number of fused-ring (bicyclic) bond motifs is 1. The Morgan fingerprint density at radius 1 is 1.08 bits per heavy atom. The highest BCUT2D eigenvalue weighted by atomic mass is 19.1. The van der Waals surface area contributed by atoms with Gasteiger partial charge in [0, 0.05) is 17.8 Å². The summed E-state index contributed by atoms with van der Waals surface area (Å²) < 4.78 is 15.8. The predicted octanol–water partition coefficient (Wildman–Crippen LogP) is 3.71. The fraction of sp³-hybridized carbons (Fsp3) is 0.105. The molecule has 7 heteroatoms. The molecule has 2 heterocycles. The highest BCUT2D eigenvalue weighted by molar-refractivity contribution is 5.78. The van der Waals surface area contributed by atoms with Crippen molar-refractivity contribution in [2.75, 3.05) is 11.1 Å². The molecule has 0 aliphatic carbocycles. The van der Waals surface area contributed by atoms with E-state index in [-0.39, 0.29) is 11.9 Å². The summed E-state index contributed by atoms with van der Waals surface area (Å²) in [4.78, 5) is 12.8. The first kappa shape index (κ1) is 16.0. The van der Waals surface area contributed by atoms with Crippen LogP contribution in [0.15, 0.2) is 60.9 Å². The number of rotatable bonds is 4. The quantitative estimate of drug-likeness (QED) is 0.587. The first-order valence-corrected chi connectivity index (χ1v) is 8.19. The molecule has 0 fully saturated rings. The van der Waals surface area contributed by atoms with E-state index in [1.165, 1.54) is 18.5 Å². The third-order valence-electron chi connectivity index (χ3n) is 4.10. The molecule has 0 amide bonds. The van der Waals surface area contributed by atoms with E-state index >= 15 is 0 Å². The molecule has 4 aromatic rings. The summed E-state index contributed by atoms with van der Waals surface area (Å²) in [7, 11) is 0. The number of aromatic nitrogens is 4. The molecule has 0 aliphatic rings. The average molecular weight is 348 g/mol. The van der Waals surface area contributed by atoms with Crippen molar-refractivity contribution in [1.29, 1.82) is 0 Å². The van der Waals surface area contributed by atoms with Crippen molar-refractivity contribution in [1.82, 2.24) is 19.5 Å². The van der Waals surface area contributed by atoms with Crippen molar-refractivity contribution in [3.8, 4) is 5.69 Å². The van der Waals surface area contributed by atoms with Crippen LogP contribution in [-0.4, -0.2) is 19.5 Å². The minimum Gasteiger partial charge on any atom is -0.384 e. The van der Waals surface area contributed by atoms with Gasteiger partial charge in [-0.1, -0.05) is 18.2 Å². The van der Waals surface area contributed by atoms with E-state index in [2.05, 4.69) is 15.3 Å². The third kappa shape index (κ3) is 2.95. The maximum atomic E-state index is 13.8. The maximum absolute atomic E-state index is 13.8. The fourth-order valence-electron chi connectivity index (χ4n) is 2.94. The van der Waals surface area contributed by atoms with Crippen molar-refractivity contribution in [2.45, 2.75) is 13.0 Å². The number of nitrogens with two attached hydrogens (primary N) is 1. The minimum absolute atomic E-state index is 0.194. The summed E-state index contributed by atoms with van der Waals surface area (Å²) in [6.45, 7) is 1.97. The smallest absolute Gasteiger partial charge is 0.136 e. The number of anilines is 2. The first-order chi connectivity index (χ1) is 12.6. The van der Waals surface area contributed by atoms with E-state index in [0.717, 1.165) is 17.0 Å². The number of para-hydroxylation sites is 1. The van der Waals surface area contributed by atoms with Crippen LogP contribution in [0.4, 0.5) is 16.0 Å². The molecule has 130 valence electrons. The standard InChI is InChI=1S/C19H17FN6/c1-12(24-18-10-17(21)22-11-23-18)19-25-15-8-7-13(20)9-16(15)26(19)14-5-3-2-4-6-14/h2-12H,1H3,(H3,21,22,23,24). The molecule has 1 unspecified atom stereocenters. The summed E-state index contributed by atoms with van der Waals surface area (Å²) >= 11 is 0. The van der Waals surface area contributed by atoms with E-state index < -0.39 is 0 Å². The van der Waals surface area contributed by atoms with Crippen molar-refractivity contribution >= 4 is 22.7 Å². The number of nitrogens with one attached hydrogen (secondary N) is 1. The van der Waals surface area contributed by atoms with Crippen LogP contribution in [0.3, 0.4) is 0 Å². The molecule has 0 aliphatic heterocycles. The van der Waals surface area contributed by atoms with Crippen LogP contribution in [0.5, 0.6) is 0 Å². The van der Waals surface area contributed by atoms with Gasteiger partial charge in [-0.05, 0) is 31.2 Å². The molecule has 6 nitrogen and oxygen atoms in total. The molecule has 1 atom stereocenters. The predicted molar refractivity (Wildman–Crippen MR) is 99.5 cm³/mol. The van der Waals surface area contributed by atoms with E-state index in [9.17, 15) is 4.39 Å². The molecule has 3 N–H and O–H groups in total. The number of hydrogen-bond donors (Lipinski definition) is 2. The number of nitrogen functional groups attached to an aromatic ring is 1. The van der Waals surface area contributed by atoms with Gasteiger partial charge < -0.3 is 11.1 Å². The summed E-state index contributed by atoms with van der Waals surface area (Å²) in [5.41, 5.74) is 8.06. The largest absolute Gasteiger partial charge is 0.384 e. The lowest BCUT2D eigenvalue weighted by atomic mass is 10.2. The Kier molecular flexibility index (Phi) is 3.96. The Bertz CT molecular complexity index is 1060. The van der Waals surface area contributed by atoms with Gasteiger partial charge in [0.05, 0.1) is 17.1 Å². The van der Waals surface area contributed by atoms with Crippen LogP contribution in [-0.2, 0) is 0 Å². The molecular formula is C19H17FN6. The number of nitrogens with zero attached hydrogens (tertiary/aromatic N) is 4. The van der Waals surface area contributed by atoms with Crippen molar-refractivity contribution in [3.05, 3.63) is 72.6 Å². The van der Waals surface area contributed by atoms with Gasteiger partial charge in [0.2, 0.25) is 0 Å². The van der Waals surface area contributed by atoms with Crippen molar-refractivity contribution in [3.63, 3.8) is 0 Å².